The summed E-state index contributed by atoms with van der Waals surface area (Å²) in [6.45, 7) is 3.34. The van der Waals surface area contributed by atoms with Gasteiger partial charge in [-0.15, -0.1) is 0 Å². The highest BCUT2D eigenvalue weighted by atomic mass is 19.1. The van der Waals surface area contributed by atoms with Gasteiger partial charge in [0.1, 0.15) is 23.2 Å². The van der Waals surface area contributed by atoms with E-state index in [1.165, 1.54) is 0 Å². The molecular formula is C19H21FO6. The summed E-state index contributed by atoms with van der Waals surface area (Å²) < 4.78 is 19.5. The van der Waals surface area contributed by atoms with Crippen LogP contribution in [0, 0.1) is 11.7 Å². The molecule has 6 nitrogen and oxygen atoms in total. The predicted octanol–water partition coefficient (Wildman–Crippen LogP) is 2.54. The number of aromatic hydroxyl groups is 1. The average molecular weight is 364 g/mol. The van der Waals surface area contributed by atoms with Gasteiger partial charge in [0.25, 0.3) is 5.78 Å². The molecule has 1 heterocycles. The summed E-state index contributed by atoms with van der Waals surface area (Å²) in [5.41, 5.74) is -0.338. The van der Waals surface area contributed by atoms with E-state index in [9.17, 15) is 28.7 Å². The number of phenols is 1. The average Bonchev–Trinajstić information content (AvgIpc) is 2.60. The summed E-state index contributed by atoms with van der Waals surface area (Å²) in [4.78, 5) is 48.0. The summed E-state index contributed by atoms with van der Waals surface area (Å²) in [7, 11) is 0. The molecule has 1 aliphatic heterocycles. The maximum Gasteiger partial charge on any atom is 0.342 e. The molecule has 0 fully saturated rings. The normalized spacial score (nSPS) is 23.2. The summed E-state index contributed by atoms with van der Waals surface area (Å²) in [5, 5.41) is 10.0. The zero-order chi connectivity index (χ0) is 19.4. The highest BCUT2D eigenvalue weighted by Gasteiger charge is 2.28. The third-order valence-electron chi connectivity index (χ3n) is 4.70. The van der Waals surface area contributed by atoms with Crippen LogP contribution in [0.2, 0.25) is 0 Å². The zero-order valence-electron chi connectivity index (χ0n) is 14.7. The van der Waals surface area contributed by atoms with Gasteiger partial charge in [-0.3, -0.25) is 14.4 Å². The zero-order valence-corrected chi connectivity index (χ0v) is 14.7. The van der Waals surface area contributed by atoms with Crippen molar-refractivity contribution in [2.24, 2.45) is 5.92 Å². The number of fused-ring (bicyclic) bond motifs is 1. The first-order chi connectivity index (χ1) is 12.2. The van der Waals surface area contributed by atoms with Crippen molar-refractivity contribution < 1.29 is 33.4 Å². The van der Waals surface area contributed by atoms with E-state index in [0.29, 0.717) is 0 Å². The maximum absolute atomic E-state index is 14.2. The molecule has 2 atom stereocenters. The van der Waals surface area contributed by atoms with Crippen LogP contribution >= 0.6 is 0 Å². The van der Waals surface area contributed by atoms with Gasteiger partial charge in [-0.1, -0.05) is 6.92 Å². The lowest BCUT2D eigenvalue weighted by molar-refractivity contribution is -0.144. The number of carbonyl (C=O) groups is 4. The van der Waals surface area contributed by atoms with Crippen molar-refractivity contribution in [3.05, 3.63) is 29.1 Å². The van der Waals surface area contributed by atoms with Gasteiger partial charge in [-0.2, -0.15) is 0 Å². The van der Waals surface area contributed by atoms with E-state index in [4.69, 9.17) is 4.74 Å². The monoisotopic (exact) mass is 364 g/mol. The van der Waals surface area contributed by atoms with Crippen molar-refractivity contribution in [2.75, 3.05) is 0 Å². The Hall–Kier alpha value is -2.57. The molecular weight excluding hydrogens is 343 g/mol. The van der Waals surface area contributed by atoms with Crippen LogP contribution in [0.4, 0.5) is 4.39 Å². The second kappa shape index (κ2) is 8.21. The molecule has 0 spiro atoms. The van der Waals surface area contributed by atoms with Crippen molar-refractivity contribution in [2.45, 2.75) is 52.1 Å². The molecule has 1 aliphatic rings. The molecule has 0 aromatic heterocycles. The van der Waals surface area contributed by atoms with Crippen LogP contribution in [0.15, 0.2) is 12.1 Å². The van der Waals surface area contributed by atoms with Crippen LogP contribution in [0.25, 0.3) is 0 Å². The van der Waals surface area contributed by atoms with Gasteiger partial charge >= 0.3 is 5.97 Å². The van der Waals surface area contributed by atoms with E-state index >= 15 is 0 Å². The lowest BCUT2D eigenvalue weighted by atomic mass is 9.94. The van der Waals surface area contributed by atoms with E-state index < -0.39 is 41.0 Å². The van der Waals surface area contributed by atoms with Gasteiger partial charge in [0.15, 0.2) is 0 Å². The quantitative estimate of drug-likeness (QED) is 0.561. The number of ketones is 3. The number of halogens is 1. The van der Waals surface area contributed by atoms with Gasteiger partial charge in [-0.25, -0.2) is 9.18 Å². The minimum atomic E-state index is -1.05. The van der Waals surface area contributed by atoms with Crippen LogP contribution in [-0.2, 0) is 25.5 Å². The molecule has 140 valence electrons. The fraction of sp³-hybridized carbons (Fsp3) is 0.474. The van der Waals surface area contributed by atoms with Crippen LogP contribution in [0.3, 0.4) is 0 Å². The second-order valence-corrected chi connectivity index (χ2v) is 6.58. The Morgan fingerprint density at radius 1 is 1.04 bits per heavy atom. The largest absolute Gasteiger partial charge is 0.507 e. The Morgan fingerprint density at radius 2 is 1.69 bits per heavy atom. The molecule has 0 aliphatic carbocycles. The minimum absolute atomic E-state index is 0.0538. The Balaban J connectivity index is 2.39. The van der Waals surface area contributed by atoms with Gasteiger partial charge in [0.05, 0.1) is 0 Å². The standard InChI is InChI=1S/C19H21FO6/c1-10-6-8-16(23)18(24)15(22)5-3-4-12-13(20)7-9-14(21)17(12)19(25)26-11(10)2/h7,9-11,21H,3-6,8H2,1-2H3/t10-,11-/m0/s1. The Kier molecular flexibility index (Phi) is 6.23. The van der Waals surface area contributed by atoms with Gasteiger partial charge in [0.2, 0.25) is 11.6 Å². The van der Waals surface area contributed by atoms with Crippen LogP contribution in [0.5, 0.6) is 5.75 Å². The Bertz CT molecular complexity index is 755. The Morgan fingerprint density at radius 3 is 2.38 bits per heavy atom. The number of esters is 1. The lowest BCUT2D eigenvalue weighted by Gasteiger charge is -2.21. The van der Waals surface area contributed by atoms with E-state index in [1.54, 1.807) is 13.8 Å². The smallest absolute Gasteiger partial charge is 0.342 e. The SMILES string of the molecule is C[C@@H]1OC(=O)c2c(O)ccc(F)c2CCCC(=O)C(=O)C(=O)CC[C@@H]1C. The highest BCUT2D eigenvalue weighted by molar-refractivity contribution is 6.63. The lowest BCUT2D eigenvalue weighted by Crippen LogP contribution is -2.27. The van der Waals surface area contributed by atoms with Crippen molar-refractivity contribution in [3.8, 4) is 5.75 Å². The first kappa shape index (κ1) is 19.8. The van der Waals surface area contributed by atoms with E-state index in [-0.39, 0.29) is 49.1 Å². The molecule has 0 bridgehead atoms. The van der Waals surface area contributed by atoms with E-state index in [0.717, 1.165) is 12.1 Å². The first-order valence-electron chi connectivity index (χ1n) is 8.54. The number of cyclic esters (lactones) is 1. The third kappa shape index (κ3) is 4.33. The van der Waals surface area contributed by atoms with Crippen LogP contribution in [0.1, 0.15) is 55.5 Å². The summed E-state index contributed by atoms with van der Waals surface area (Å²) in [6, 6.07) is 2.09. The van der Waals surface area contributed by atoms with Crippen molar-refractivity contribution in [3.63, 3.8) is 0 Å². The molecule has 26 heavy (non-hydrogen) atoms. The molecule has 2 rings (SSSR count). The number of phenolic OH excluding ortho intramolecular Hbond substituents is 1. The number of carbonyl (C=O) groups excluding carboxylic acids is 4. The number of Topliss-reactive ketones (excluding diaryl/α,β-unsaturated/α-hetero) is 3. The summed E-state index contributed by atoms with van der Waals surface area (Å²) in [6.07, 6.45) is -0.704. The number of hydrogen-bond donors (Lipinski definition) is 1. The Labute approximate surface area is 150 Å². The van der Waals surface area contributed by atoms with Crippen molar-refractivity contribution in [1.29, 1.82) is 0 Å². The first-order valence-corrected chi connectivity index (χ1v) is 8.54. The molecule has 0 amide bonds. The fourth-order valence-electron chi connectivity index (χ4n) is 2.83. The van der Waals surface area contributed by atoms with E-state index in [1.807, 2.05) is 0 Å². The minimum Gasteiger partial charge on any atom is -0.507 e. The molecule has 0 radical (unpaired) electrons. The predicted molar refractivity (Wildman–Crippen MR) is 89.3 cm³/mol. The van der Waals surface area contributed by atoms with Gasteiger partial charge < -0.3 is 9.84 Å². The number of hydrogen-bond acceptors (Lipinski definition) is 6. The second-order valence-electron chi connectivity index (χ2n) is 6.58. The third-order valence-corrected chi connectivity index (χ3v) is 4.70. The fourth-order valence-corrected chi connectivity index (χ4v) is 2.83. The summed E-state index contributed by atoms with van der Waals surface area (Å²) in [5.74, 6) is -4.88. The topological polar surface area (TPSA) is 97.7 Å². The molecule has 0 unspecified atom stereocenters. The van der Waals surface area contributed by atoms with Crippen LogP contribution in [-0.4, -0.2) is 34.5 Å². The van der Waals surface area contributed by atoms with Gasteiger partial charge in [-0.05, 0) is 44.2 Å². The molecule has 0 saturated carbocycles. The molecule has 1 aromatic rings. The maximum atomic E-state index is 14.2. The molecule has 7 heteroatoms. The number of benzene rings is 1. The van der Waals surface area contributed by atoms with Gasteiger partial charge in [0, 0.05) is 18.4 Å². The molecule has 1 N–H and O–H groups in total. The molecule has 1 aromatic carbocycles. The van der Waals surface area contributed by atoms with Crippen molar-refractivity contribution in [1.82, 2.24) is 0 Å². The highest BCUT2D eigenvalue weighted by Crippen LogP contribution is 2.28. The van der Waals surface area contributed by atoms with Crippen LogP contribution < -0.4 is 0 Å². The number of ether oxygens (including phenoxy) is 1. The van der Waals surface area contributed by atoms with E-state index in [2.05, 4.69) is 0 Å². The molecule has 0 saturated heterocycles. The number of rotatable bonds is 0. The van der Waals surface area contributed by atoms with Crippen molar-refractivity contribution >= 4 is 23.3 Å². The summed E-state index contributed by atoms with van der Waals surface area (Å²) >= 11 is 0.